The highest BCUT2D eigenvalue weighted by Gasteiger charge is 2.19. The molecule has 196 valence electrons. The van der Waals surface area contributed by atoms with Gasteiger partial charge in [0.25, 0.3) is 0 Å². The van der Waals surface area contributed by atoms with Crippen molar-refractivity contribution in [2.24, 2.45) is 0 Å². The molecule has 1 aliphatic rings. The zero-order valence-corrected chi connectivity index (χ0v) is 22.8. The number of hydrogen-bond acceptors (Lipinski definition) is 5. The summed E-state index contributed by atoms with van der Waals surface area (Å²) < 4.78 is 11.2. The number of halogens is 2. The summed E-state index contributed by atoms with van der Waals surface area (Å²) in [4.78, 5) is 15.8. The van der Waals surface area contributed by atoms with Gasteiger partial charge in [-0.1, -0.05) is 19.3 Å². The van der Waals surface area contributed by atoms with E-state index in [-0.39, 0.29) is 24.8 Å². The van der Waals surface area contributed by atoms with Crippen LogP contribution in [0.25, 0.3) is 0 Å². The third-order valence-corrected chi connectivity index (χ3v) is 6.31. The van der Waals surface area contributed by atoms with Gasteiger partial charge >= 0.3 is 5.97 Å². The number of benzene rings is 2. The molecule has 0 atom stereocenters. The van der Waals surface area contributed by atoms with Crippen molar-refractivity contribution in [2.45, 2.75) is 46.0 Å². The predicted molar refractivity (Wildman–Crippen MR) is 149 cm³/mol. The standard InChI is InChI=1S/C27H38N2O4.2ClH/c1-21-19-25(20-22(2)26(21)33-18-8-6-4-5-7-17-32-3)29-15-13-28(14-16-29)24-11-9-23(10-12-24)27(30)31;;/h9-12,19-20H,4-8,13-18H2,1-3H3,(H,30,31);2*1H. The molecule has 1 fully saturated rings. The molecular formula is C27H40Cl2N2O4. The molecule has 6 nitrogen and oxygen atoms in total. The van der Waals surface area contributed by atoms with Crippen LogP contribution in [-0.4, -0.2) is 57.6 Å². The number of hydrogen-bond donors (Lipinski definition) is 1. The zero-order valence-electron chi connectivity index (χ0n) is 21.1. The quantitative estimate of drug-likeness (QED) is 0.334. The second-order valence-electron chi connectivity index (χ2n) is 8.84. The second kappa shape index (κ2) is 15.8. The molecule has 0 saturated carbocycles. The number of aryl methyl sites for hydroxylation is 2. The molecule has 8 heteroatoms. The van der Waals surface area contributed by atoms with Gasteiger partial charge in [-0.15, -0.1) is 24.8 Å². The van der Waals surface area contributed by atoms with Gasteiger partial charge in [0.15, 0.2) is 0 Å². The van der Waals surface area contributed by atoms with Crippen molar-refractivity contribution in [3.05, 3.63) is 53.1 Å². The minimum absolute atomic E-state index is 0. The van der Waals surface area contributed by atoms with Crippen LogP contribution >= 0.6 is 24.8 Å². The first-order valence-electron chi connectivity index (χ1n) is 12.1. The predicted octanol–water partition coefficient (Wildman–Crippen LogP) is 6.15. The van der Waals surface area contributed by atoms with Crippen LogP contribution < -0.4 is 14.5 Å². The summed E-state index contributed by atoms with van der Waals surface area (Å²) in [5.41, 5.74) is 5.03. The van der Waals surface area contributed by atoms with Crippen LogP contribution in [0.1, 0.15) is 53.6 Å². The van der Waals surface area contributed by atoms with E-state index in [1.54, 1.807) is 19.2 Å². The lowest BCUT2D eigenvalue weighted by atomic mass is 10.1. The van der Waals surface area contributed by atoms with E-state index in [4.69, 9.17) is 14.6 Å². The van der Waals surface area contributed by atoms with Crippen molar-refractivity contribution >= 4 is 42.2 Å². The highest BCUT2D eigenvalue weighted by molar-refractivity contribution is 5.88. The molecular weight excluding hydrogens is 487 g/mol. The topological polar surface area (TPSA) is 62.2 Å². The lowest BCUT2D eigenvalue weighted by Crippen LogP contribution is -2.46. The number of carboxylic acids is 1. The summed E-state index contributed by atoms with van der Waals surface area (Å²) in [6, 6.07) is 11.6. The summed E-state index contributed by atoms with van der Waals surface area (Å²) in [6.07, 6.45) is 5.88. The number of rotatable bonds is 12. The van der Waals surface area contributed by atoms with Crippen LogP contribution in [-0.2, 0) is 4.74 Å². The Balaban J connectivity index is 0.00000306. The first-order valence-corrected chi connectivity index (χ1v) is 12.1. The molecule has 0 radical (unpaired) electrons. The molecule has 1 aliphatic heterocycles. The lowest BCUT2D eigenvalue weighted by molar-refractivity contribution is 0.0697. The van der Waals surface area contributed by atoms with Gasteiger partial charge in [-0.3, -0.25) is 0 Å². The van der Waals surface area contributed by atoms with Crippen LogP contribution in [0.4, 0.5) is 11.4 Å². The Morgan fingerprint density at radius 2 is 1.29 bits per heavy atom. The Morgan fingerprint density at radius 3 is 1.80 bits per heavy atom. The van der Waals surface area contributed by atoms with Gasteiger partial charge in [0, 0.05) is 51.3 Å². The Hall–Kier alpha value is -2.15. The summed E-state index contributed by atoms with van der Waals surface area (Å²) in [6.45, 7) is 9.58. The molecule has 0 aliphatic carbocycles. The van der Waals surface area contributed by atoms with Gasteiger partial charge in [0.2, 0.25) is 0 Å². The molecule has 1 N–H and O–H groups in total. The lowest BCUT2D eigenvalue weighted by Gasteiger charge is -2.37. The van der Waals surface area contributed by atoms with Gasteiger partial charge < -0.3 is 24.4 Å². The largest absolute Gasteiger partial charge is 0.493 e. The number of methoxy groups -OCH3 is 1. The van der Waals surface area contributed by atoms with Crippen LogP contribution in [0.3, 0.4) is 0 Å². The van der Waals surface area contributed by atoms with Gasteiger partial charge in [-0.05, 0) is 74.2 Å². The zero-order chi connectivity index (χ0) is 23.6. The minimum atomic E-state index is -0.887. The number of aromatic carboxylic acids is 1. The number of nitrogens with zero attached hydrogens (tertiary/aromatic N) is 2. The van der Waals surface area contributed by atoms with Crippen LogP contribution in [0.15, 0.2) is 36.4 Å². The third kappa shape index (κ3) is 9.10. The van der Waals surface area contributed by atoms with Gasteiger partial charge in [-0.2, -0.15) is 0 Å². The normalized spacial score (nSPS) is 13.1. The average molecular weight is 528 g/mol. The van der Waals surface area contributed by atoms with Crippen molar-refractivity contribution < 1.29 is 19.4 Å². The van der Waals surface area contributed by atoms with Crippen molar-refractivity contribution in [2.75, 3.05) is 56.3 Å². The first-order chi connectivity index (χ1) is 16.0. The highest BCUT2D eigenvalue weighted by atomic mass is 35.5. The molecule has 0 unspecified atom stereocenters. The maximum absolute atomic E-state index is 11.1. The number of carbonyl (C=O) groups is 1. The van der Waals surface area contributed by atoms with E-state index in [0.717, 1.165) is 63.7 Å². The average Bonchev–Trinajstić information content (AvgIpc) is 2.82. The Labute approximate surface area is 222 Å². The van der Waals surface area contributed by atoms with Crippen molar-refractivity contribution in [3.63, 3.8) is 0 Å². The number of carboxylic acid groups (broad SMARTS) is 1. The first kappa shape index (κ1) is 30.9. The number of piperazine rings is 1. The summed E-state index contributed by atoms with van der Waals surface area (Å²) in [7, 11) is 1.76. The van der Waals surface area contributed by atoms with Gasteiger partial charge in [0.05, 0.1) is 12.2 Å². The van der Waals surface area contributed by atoms with Crippen molar-refractivity contribution in [1.29, 1.82) is 0 Å². The minimum Gasteiger partial charge on any atom is -0.493 e. The molecule has 2 aromatic rings. The molecule has 1 heterocycles. The molecule has 0 aromatic heterocycles. The van der Waals surface area contributed by atoms with Crippen molar-refractivity contribution in [1.82, 2.24) is 0 Å². The fraction of sp³-hybridized carbons (Fsp3) is 0.519. The summed E-state index contributed by atoms with van der Waals surface area (Å²) in [5, 5.41) is 9.09. The van der Waals surface area contributed by atoms with Crippen LogP contribution in [0, 0.1) is 13.8 Å². The molecule has 0 amide bonds. The van der Waals surface area contributed by atoms with E-state index < -0.39 is 5.97 Å². The van der Waals surface area contributed by atoms with Gasteiger partial charge in [0.1, 0.15) is 5.75 Å². The Kier molecular flexibility index (Phi) is 13.9. The molecule has 1 saturated heterocycles. The Morgan fingerprint density at radius 1 is 0.800 bits per heavy atom. The third-order valence-electron chi connectivity index (χ3n) is 6.31. The fourth-order valence-electron chi connectivity index (χ4n) is 4.43. The number of anilines is 2. The number of unbranched alkanes of at least 4 members (excludes halogenated alkanes) is 4. The van der Waals surface area contributed by atoms with Crippen molar-refractivity contribution in [3.8, 4) is 5.75 Å². The summed E-state index contributed by atoms with van der Waals surface area (Å²) >= 11 is 0. The maximum Gasteiger partial charge on any atom is 0.335 e. The molecule has 2 aromatic carbocycles. The monoisotopic (exact) mass is 526 g/mol. The van der Waals surface area contributed by atoms with Crippen LogP contribution in [0.2, 0.25) is 0 Å². The van der Waals surface area contributed by atoms with E-state index >= 15 is 0 Å². The van der Waals surface area contributed by atoms with E-state index in [1.165, 1.54) is 36.1 Å². The summed E-state index contributed by atoms with van der Waals surface area (Å²) in [5.74, 6) is 0.137. The van der Waals surface area contributed by atoms with E-state index in [1.807, 2.05) is 12.1 Å². The van der Waals surface area contributed by atoms with Gasteiger partial charge in [-0.25, -0.2) is 4.79 Å². The fourth-order valence-corrected chi connectivity index (χ4v) is 4.43. The molecule has 35 heavy (non-hydrogen) atoms. The molecule has 0 spiro atoms. The maximum atomic E-state index is 11.1. The van der Waals surface area contributed by atoms with Crippen LogP contribution in [0.5, 0.6) is 5.75 Å². The Bertz CT molecular complexity index is 878. The van der Waals surface area contributed by atoms with E-state index in [0.29, 0.717) is 5.56 Å². The molecule has 0 bridgehead atoms. The highest BCUT2D eigenvalue weighted by Crippen LogP contribution is 2.30. The molecule has 3 rings (SSSR count). The number of ether oxygens (including phenoxy) is 2. The smallest absolute Gasteiger partial charge is 0.335 e. The second-order valence-corrected chi connectivity index (χ2v) is 8.84. The SMILES string of the molecule is COCCCCCCCOc1c(C)cc(N2CCN(c3ccc(C(=O)O)cc3)CC2)cc1C.Cl.Cl. The van der Waals surface area contributed by atoms with E-state index in [9.17, 15) is 4.79 Å². The van der Waals surface area contributed by atoms with E-state index in [2.05, 4.69) is 35.8 Å².